The highest BCUT2D eigenvalue weighted by Gasteiger charge is 2.35. The molecule has 1 saturated heterocycles. The van der Waals surface area contributed by atoms with Gasteiger partial charge < -0.3 is 10.0 Å². The van der Waals surface area contributed by atoms with E-state index in [0.29, 0.717) is 0 Å². The Morgan fingerprint density at radius 2 is 2.11 bits per heavy atom. The minimum absolute atomic E-state index is 0.0610. The first-order valence-electron chi connectivity index (χ1n) is 5.61. The first-order valence-corrected chi connectivity index (χ1v) is 6.40. The fraction of sp³-hybridized carbons (Fsp3) is 0.417. The summed E-state index contributed by atoms with van der Waals surface area (Å²) < 4.78 is 38.3. The summed E-state index contributed by atoms with van der Waals surface area (Å²) in [6, 6.07) is 3.68. The number of aliphatic hydroxyl groups excluding tert-OH is 1. The molecule has 0 aliphatic carbocycles. The zero-order chi connectivity index (χ0) is 14.2. The summed E-state index contributed by atoms with van der Waals surface area (Å²) >= 11 is 2.85. The van der Waals surface area contributed by atoms with Gasteiger partial charge in [-0.2, -0.15) is 13.2 Å². The maximum atomic E-state index is 12.8. The zero-order valence-electron chi connectivity index (χ0n) is 9.75. The Kier molecular flexibility index (Phi) is 3.87. The van der Waals surface area contributed by atoms with Crippen molar-refractivity contribution in [3.8, 4) is 0 Å². The van der Waals surface area contributed by atoms with Crippen LogP contribution in [-0.2, 0) is 11.0 Å². The summed E-state index contributed by atoms with van der Waals surface area (Å²) in [6.07, 6.45) is -4.32. The van der Waals surface area contributed by atoms with E-state index in [1.54, 1.807) is 0 Å². The van der Waals surface area contributed by atoms with Gasteiger partial charge in [0.25, 0.3) is 0 Å². The van der Waals surface area contributed by atoms with Gasteiger partial charge in [0, 0.05) is 35.7 Å². The highest BCUT2D eigenvalue weighted by atomic mass is 79.9. The lowest BCUT2D eigenvalue weighted by molar-refractivity contribution is -0.138. The monoisotopic (exact) mass is 337 g/mol. The van der Waals surface area contributed by atoms with Gasteiger partial charge in [-0.3, -0.25) is 4.79 Å². The Labute approximate surface area is 116 Å². The number of carbonyl (C=O) groups excluding carboxylic acids is 1. The second kappa shape index (κ2) is 5.13. The summed E-state index contributed by atoms with van der Waals surface area (Å²) in [5.74, 6) is -0.486. The van der Waals surface area contributed by atoms with E-state index in [4.69, 9.17) is 5.11 Å². The van der Waals surface area contributed by atoms with Crippen molar-refractivity contribution in [2.45, 2.75) is 12.6 Å². The van der Waals surface area contributed by atoms with Gasteiger partial charge in [-0.25, -0.2) is 0 Å². The molecule has 3 nitrogen and oxygen atoms in total. The average molecular weight is 338 g/mol. The van der Waals surface area contributed by atoms with Crippen molar-refractivity contribution < 1.29 is 23.1 Å². The molecule has 1 fully saturated rings. The number of amides is 1. The van der Waals surface area contributed by atoms with E-state index in [-0.39, 0.29) is 41.6 Å². The first-order chi connectivity index (χ1) is 8.82. The highest BCUT2D eigenvalue weighted by molar-refractivity contribution is 9.10. The number of rotatable bonds is 2. The van der Waals surface area contributed by atoms with Gasteiger partial charge >= 0.3 is 6.18 Å². The molecular formula is C12H11BrF3NO2. The van der Waals surface area contributed by atoms with Crippen molar-refractivity contribution in [2.75, 3.05) is 18.1 Å². The number of hydrogen-bond donors (Lipinski definition) is 1. The summed E-state index contributed by atoms with van der Waals surface area (Å²) in [7, 11) is 0. The minimum atomic E-state index is -4.48. The van der Waals surface area contributed by atoms with E-state index in [0.717, 1.165) is 6.07 Å². The molecule has 7 heteroatoms. The Balaban J connectivity index is 2.34. The highest BCUT2D eigenvalue weighted by Crippen LogP contribution is 2.38. The quantitative estimate of drug-likeness (QED) is 0.901. The Morgan fingerprint density at radius 1 is 1.42 bits per heavy atom. The zero-order valence-corrected chi connectivity index (χ0v) is 11.3. The normalized spacial score (nSPS) is 20.2. The van der Waals surface area contributed by atoms with Crippen LogP contribution in [0, 0.1) is 5.92 Å². The molecule has 1 unspecified atom stereocenters. The van der Waals surface area contributed by atoms with Crippen molar-refractivity contribution in [3.05, 3.63) is 28.2 Å². The van der Waals surface area contributed by atoms with Crippen LogP contribution in [0.15, 0.2) is 22.7 Å². The van der Waals surface area contributed by atoms with Crippen molar-refractivity contribution in [2.24, 2.45) is 5.92 Å². The standard InChI is InChI=1S/C12H11BrF3NO2/c13-10-2-1-8(4-9(10)12(14,15)16)17-5-7(6-18)3-11(17)19/h1-2,4,7,18H,3,5-6H2. The van der Waals surface area contributed by atoms with Crippen molar-refractivity contribution >= 4 is 27.5 Å². The number of anilines is 1. The van der Waals surface area contributed by atoms with Gasteiger partial charge in [-0.05, 0) is 18.2 Å². The number of benzene rings is 1. The topological polar surface area (TPSA) is 40.5 Å². The molecule has 0 bridgehead atoms. The van der Waals surface area contributed by atoms with Crippen molar-refractivity contribution in [1.82, 2.24) is 0 Å². The predicted molar refractivity (Wildman–Crippen MR) is 66.7 cm³/mol. The largest absolute Gasteiger partial charge is 0.417 e. The lowest BCUT2D eigenvalue weighted by atomic mass is 10.1. The first kappa shape index (κ1) is 14.3. The fourth-order valence-electron chi connectivity index (χ4n) is 2.05. The second-order valence-corrected chi connectivity index (χ2v) is 5.27. The SMILES string of the molecule is O=C1CC(CO)CN1c1ccc(Br)c(C(F)(F)F)c1. The van der Waals surface area contributed by atoms with Crippen LogP contribution in [0.2, 0.25) is 0 Å². The van der Waals surface area contributed by atoms with Gasteiger partial charge in [0.2, 0.25) is 5.91 Å². The molecule has 0 aromatic heterocycles. The van der Waals surface area contributed by atoms with Crippen LogP contribution in [0.25, 0.3) is 0 Å². The number of hydrogen-bond acceptors (Lipinski definition) is 2. The third-order valence-electron chi connectivity index (χ3n) is 3.03. The maximum absolute atomic E-state index is 12.8. The summed E-state index contributed by atoms with van der Waals surface area (Å²) in [5, 5.41) is 9.01. The number of carbonyl (C=O) groups is 1. The molecular weight excluding hydrogens is 327 g/mol. The number of nitrogens with zero attached hydrogens (tertiary/aromatic N) is 1. The molecule has 1 aliphatic heterocycles. The van der Waals surface area contributed by atoms with E-state index < -0.39 is 11.7 Å². The van der Waals surface area contributed by atoms with E-state index in [9.17, 15) is 18.0 Å². The van der Waals surface area contributed by atoms with Gasteiger partial charge in [0.1, 0.15) is 0 Å². The van der Waals surface area contributed by atoms with E-state index >= 15 is 0 Å². The molecule has 1 N–H and O–H groups in total. The molecule has 0 radical (unpaired) electrons. The number of aliphatic hydroxyl groups is 1. The summed E-state index contributed by atoms with van der Waals surface area (Å²) in [5.41, 5.74) is -0.610. The molecule has 1 aromatic carbocycles. The molecule has 1 amide bonds. The molecule has 0 spiro atoms. The van der Waals surface area contributed by atoms with Gasteiger partial charge in [-0.15, -0.1) is 0 Å². The average Bonchev–Trinajstić information content (AvgIpc) is 2.70. The molecule has 1 heterocycles. The van der Waals surface area contributed by atoms with Crippen LogP contribution in [0.4, 0.5) is 18.9 Å². The fourth-order valence-corrected chi connectivity index (χ4v) is 2.52. The lowest BCUT2D eigenvalue weighted by Crippen LogP contribution is -2.25. The van der Waals surface area contributed by atoms with Gasteiger partial charge in [0.05, 0.1) is 5.56 Å². The third kappa shape index (κ3) is 2.92. The maximum Gasteiger partial charge on any atom is 0.417 e. The Hall–Kier alpha value is -1.08. The third-order valence-corrected chi connectivity index (χ3v) is 3.72. The number of alkyl halides is 3. The van der Waals surface area contributed by atoms with Gasteiger partial charge in [-0.1, -0.05) is 15.9 Å². The van der Waals surface area contributed by atoms with Crippen LogP contribution < -0.4 is 4.90 Å². The molecule has 1 atom stereocenters. The molecule has 1 aliphatic rings. The molecule has 19 heavy (non-hydrogen) atoms. The van der Waals surface area contributed by atoms with E-state index in [1.165, 1.54) is 17.0 Å². The van der Waals surface area contributed by atoms with Crippen LogP contribution in [0.1, 0.15) is 12.0 Å². The second-order valence-electron chi connectivity index (χ2n) is 4.42. The van der Waals surface area contributed by atoms with Crippen LogP contribution >= 0.6 is 15.9 Å². The molecule has 104 valence electrons. The van der Waals surface area contributed by atoms with Crippen LogP contribution in [0.3, 0.4) is 0 Å². The van der Waals surface area contributed by atoms with E-state index in [2.05, 4.69) is 15.9 Å². The lowest BCUT2D eigenvalue weighted by Gasteiger charge is -2.19. The van der Waals surface area contributed by atoms with Crippen LogP contribution in [-0.4, -0.2) is 24.2 Å². The smallest absolute Gasteiger partial charge is 0.396 e. The number of halogens is 4. The Bertz CT molecular complexity index is 504. The summed E-state index contributed by atoms with van der Waals surface area (Å²) in [4.78, 5) is 13.0. The van der Waals surface area contributed by atoms with Crippen LogP contribution in [0.5, 0.6) is 0 Å². The summed E-state index contributed by atoms with van der Waals surface area (Å²) in [6.45, 7) is 0.0964. The Morgan fingerprint density at radius 3 is 2.63 bits per heavy atom. The van der Waals surface area contributed by atoms with Crippen molar-refractivity contribution in [3.63, 3.8) is 0 Å². The predicted octanol–water partition coefficient (Wildman–Crippen LogP) is 2.81. The van der Waals surface area contributed by atoms with E-state index in [1.807, 2.05) is 0 Å². The van der Waals surface area contributed by atoms with Gasteiger partial charge in [0.15, 0.2) is 0 Å². The molecule has 1 aromatic rings. The molecule has 2 rings (SSSR count). The minimum Gasteiger partial charge on any atom is -0.396 e. The molecule has 0 saturated carbocycles. The van der Waals surface area contributed by atoms with Crippen molar-refractivity contribution in [1.29, 1.82) is 0 Å².